The molecule has 0 aliphatic rings. The van der Waals surface area contributed by atoms with Crippen molar-refractivity contribution in [1.29, 1.82) is 0 Å². The molecule has 2 rings (SSSR count). The van der Waals surface area contributed by atoms with Gasteiger partial charge in [0.25, 0.3) is 0 Å². The van der Waals surface area contributed by atoms with Crippen LogP contribution in [0.3, 0.4) is 0 Å². The van der Waals surface area contributed by atoms with E-state index in [2.05, 4.69) is 47.0 Å². The zero-order valence-electron chi connectivity index (χ0n) is 12.7. The first kappa shape index (κ1) is 14.4. The minimum Gasteiger partial charge on any atom is -0.496 e. The van der Waals surface area contributed by atoms with Crippen LogP contribution in [0.5, 0.6) is 5.75 Å². The van der Waals surface area contributed by atoms with Gasteiger partial charge in [-0.3, -0.25) is 4.57 Å². The van der Waals surface area contributed by atoms with E-state index in [0.717, 1.165) is 41.6 Å². The van der Waals surface area contributed by atoms with E-state index >= 15 is 0 Å². The highest BCUT2D eigenvalue weighted by molar-refractivity contribution is 5.48. The third kappa shape index (κ3) is 3.13. The number of imidazole rings is 1. The second-order valence-corrected chi connectivity index (χ2v) is 5.01. The topological polar surface area (TPSA) is 39.1 Å². The average Bonchev–Trinajstić information content (AvgIpc) is 2.80. The summed E-state index contributed by atoms with van der Waals surface area (Å²) in [5, 5.41) is 3.40. The highest BCUT2D eigenvalue weighted by Gasteiger charge is 2.08. The Labute approximate surface area is 120 Å². The molecule has 2 aromatic rings. The molecule has 108 valence electrons. The van der Waals surface area contributed by atoms with E-state index in [9.17, 15) is 0 Å². The summed E-state index contributed by atoms with van der Waals surface area (Å²) in [6.07, 6.45) is 4.37. The number of rotatable bonds is 6. The zero-order valence-corrected chi connectivity index (χ0v) is 12.7. The molecule has 1 aromatic carbocycles. The van der Waals surface area contributed by atoms with Crippen LogP contribution in [0.15, 0.2) is 24.4 Å². The Morgan fingerprint density at radius 2 is 2.10 bits per heavy atom. The molecule has 1 N–H and O–H groups in total. The maximum Gasteiger partial charge on any atom is 0.207 e. The molecule has 0 unspecified atom stereocenters. The molecule has 0 spiro atoms. The third-order valence-corrected chi connectivity index (χ3v) is 3.30. The fourth-order valence-corrected chi connectivity index (χ4v) is 2.21. The summed E-state index contributed by atoms with van der Waals surface area (Å²) in [5.74, 6) is 1.81. The molecule has 0 saturated carbocycles. The summed E-state index contributed by atoms with van der Waals surface area (Å²) in [7, 11) is 1.70. The SMILES string of the molecule is CCCCNc1nc(C)cn1-c1ccc(OC)c(C)c1. The van der Waals surface area contributed by atoms with Gasteiger partial charge in [-0.05, 0) is 44.0 Å². The van der Waals surface area contributed by atoms with Crippen molar-refractivity contribution in [3.8, 4) is 11.4 Å². The van der Waals surface area contributed by atoms with Crippen LogP contribution < -0.4 is 10.1 Å². The summed E-state index contributed by atoms with van der Waals surface area (Å²) in [5.41, 5.74) is 3.23. The number of methoxy groups -OCH3 is 1. The van der Waals surface area contributed by atoms with Gasteiger partial charge in [-0.1, -0.05) is 13.3 Å². The van der Waals surface area contributed by atoms with Gasteiger partial charge in [-0.2, -0.15) is 0 Å². The first-order valence-corrected chi connectivity index (χ1v) is 7.10. The lowest BCUT2D eigenvalue weighted by Crippen LogP contribution is -2.07. The molecule has 0 radical (unpaired) electrons. The lowest BCUT2D eigenvalue weighted by Gasteiger charge is -2.11. The summed E-state index contributed by atoms with van der Waals surface area (Å²) in [6, 6.07) is 6.17. The van der Waals surface area contributed by atoms with Gasteiger partial charge < -0.3 is 10.1 Å². The molecule has 20 heavy (non-hydrogen) atoms. The van der Waals surface area contributed by atoms with Crippen molar-refractivity contribution in [3.05, 3.63) is 35.7 Å². The van der Waals surface area contributed by atoms with Crippen LogP contribution in [0.1, 0.15) is 31.0 Å². The summed E-state index contributed by atoms with van der Waals surface area (Å²) < 4.78 is 7.40. The lowest BCUT2D eigenvalue weighted by molar-refractivity contribution is 0.411. The number of aromatic nitrogens is 2. The summed E-state index contributed by atoms with van der Waals surface area (Å²) >= 11 is 0. The van der Waals surface area contributed by atoms with E-state index in [0.29, 0.717) is 0 Å². The second kappa shape index (κ2) is 6.46. The molecule has 0 aliphatic heterocycles. The van der Waals surface area contributed by atoms with Crippen LogP contribution in [-0.2, 0) is 0 Å². The van der Waals surface area contributed by atoms with Gasteiger partial charge in [0.2, 0.25) is 5.95 Å². The molecular weight excluding hydrogens is 250 g/mol. The van der Waals surface area contributed by atoms with E-state index < -0.39 is 0 Å². The first-order valence-electron chi connectivity index (χ1n) is 7.10. The molecule has 0 atom stereocenters. The normalized spacial score (nSPS) is 10.6. The summed E-state index contributed by atoms with van der Waals surface area (Å²) in [6.45, 7) is 7.20. The number of ether oxygens (including phenoxy) is 1. The maximum atomic E-state index is 5.31. The largest absolute Gasteiger partial charge is 0.496 e. The second-order valence-electron chi connectivity index (χ2n) is 5.01. The van der Waals surface area contributed by atoms with Crippen molar-refractivity contribution < 1.29 is 4.74 Å². The Hall–Kier alpha value is -1.97. The Morgan fingerprint density at radius 3 is 2.75 bits per heavy atom. The van der Waals surface area contributed by atoms with Crippen LogP contribution in [-0.4, -0.2) is 23.2 Å². The Bertz CT molecular complexity index is 575. The summed E-state index contributed by atoms with van der Waals surface area (Å²) in [4.78, 5) is 4.55. The predicted octanol–water partition coefficient (Wildman–Crippen LogP) is 3.71. The highest BCUT2D eigenvalue weighted by Crippen LogP contribution is 2.23. The van der Waals surface area contributed by atoms with E-state index in [1.807, 2.05) is 13.0 Å². The Morgan fingerprint density at radius 1 is 1.30 bits per heavy atom. The fourth-order valence-electron chi connectivity index (χ4n) is 2.21. The minimum absolute atomic E-state index is 0.903. The number of nitrogens with one attached hydrogen (secondary N) is 1. The van der Waals surface area contributed by atoms with Crippen LogP contribution in [0.2, 0.25) is 0 Å². The van der Waals surface area contributed by atoms with Crippen LogP contribution in [0, 0.1) is 13.8 Å². The number of hydrogen-bond donors (Lipinski definition) is 1. The average molecular weight is 273 g/mol. The van der Waals surface area contributed by atoms with Gasteiger partial charge in [0, 0.05) is 18.4 Å². The maximum absolute atomic E-state index is 5.31. The third-order valence-electron chi connectivity index (χ3n) is 3.30. The Kier molecular flexibility index (Phi) is 4.66. The lowest BCUT2D eigenvalue weighted by atomic mass is 10.2. The number of nitrogens with zero attached hydrogens (tertiary/aromatic N) is 2. The van der Waals surface area contributed by atoms with Gasteiger partial charge in [0.1, 0.15) is 5.75 Å². The molecular formula is C16H23N3O. The molecule has 0 fully saturated rings. The van der Waals surface area contributed by atoms with Gasteiger partial charge in [-0.15, -0.1) is 0 Å². The van der Waals surface area contributed by atoms with Crippen molar-refractivity contribution in [2.45, 2.75) is 33.6 Å². The van der Waals surface area contributed by atoms with Crippen LogP contribution >= 0.6 is 0 Å². The van der Waals surface area contributed by atoms with Crippen molar-refractivity contribution in [1.82, 2.24) is 9.55 Å². The van der Waals surface area contributed by atoms with Gasteiger partial charge >= 0.3 is 0 Å². The van der Waals surface area contributed by atoms with Gasteiger partial charge in [0.05, 0.1) is 12.8 Å². The Balaban J connectivity index is 2.29. The van der Waals surface area contributed by atoms with Gasteiger partial charge in [-0.25, -0.2) is 4.98 Å². The number of anilines is 1. The molecule has 4 nitrogen and oxygen atoms in total. The standard InChI is InChI=1S/C16H23N3O/c1-5-6-9-17-16-18-13(3)11-19(16)14-7-8-15(20-4)12(2)10-14/h7-8,10-11H,5-6,9H2,1-4H3,(H,17,18). The molecule has 1 heterocycles. The number of aryl methyl sites for hydroxylation is 2. The smallest absolute Gasteiger partial charge is 0.207 e. The number of hydrogen-bond acceptors (Lipinski definition) is 3. The van der Waals surface area contributed by atoms with E-state index in [1.165, 1.54) is 6.42 Å². The van der Waals surface area contributed by atoms with E-state index in [4.69, 9.17) is 4.74 Å². The quantitative estimate of drug-likeness (QED) is 0.815. The van der Waals surface area contributed by atoms with Crippen LogP contribution in [0.25, 0.3) is 5.69 Å². The van der Waals surface area contributed by atoms with Crippen molar-refractivity contribution in [2.75, 3.05) is 19.0 Å². The predicted molar refractivity (Wildman–Crippen MR) is 83.0 cm³/mol. The molecule has 0 saturated heterocycles. The van der Waals surface area contributed by atoms with E-state index in [1.54, 1.807) is 7.11 Å². The molecule has 1 aromatic heterocycles. The minimum atomic E-state index is 0.903. The van der Waals surface area contributed by atoms with Crippen LogP contribution in [0.4, 0.5) is 5.95 Å². The molecule has 4 heteroatoms. The first-order chi connectivity index (χ1) is 9.65. The number of unbranched alkanes of at least 4 members (excludes halogenated alkanes) is 1. The van der Waals surface area contributed by atoms with Crippen molar-refractivity contribution >= 4 is 5.95 Å². The molecule has 0 aliphatic carbocycles. The van der Waals surface area contributed by atoms with E-state index in [-0.39, 0.29) is 0 Å². The monoisotopic (exact) mass is 273 g/mol. The highest BCUT2D eigenvalue weighted by atomic mass is 16.5. The zero-order chi connectivity index (χ0) is 14.5. The molecule has 0 amide bonds. The van der Waals surface area contributed by atoms with Gasteiger partial charge in [0.15, 0.2) is 0 Å². The van der Waals surface area contributed by atoms with Crippen molar-refractivity contribution in [2.24, 2.45) is 0 Å². The molecule has 0 bridgehead atoms. The fraction of sp³-hybridized carbons (Fsp3) is 0.438. The van der Waals surface area contributed by atoms with Crippen molar-refractivity contribution in [3.63, 3.8) is 0 Å². The number of benzene rings is 1.